The predicted octanol–water partition coefficient (Wildman–Crippen LogP) is 3.24. The highest BCUT2D eigenvalue weighted by Gasteiger charge is 2.17. The van der Waals surface area contributed by atoms with Gasteiger partial charge in [-0.15, -0.1) is 0 Å². The van der Waals surface area contributed by atoms with Gasteiger partial charge in [-0.05, 0) is 18.6 Å². The van der Waals surface area contributed by atoms with Crippen molar-refractivity contribution in [3.05, 3.63) is 84.3 Å². The Morgan fingerprint density at radius 1 is 1.11 bits per heavy atom. The van der Waals surface area contributed by atoms with Crippen LogP contribution >= 0.6 is 0 Å². The molecule has 0 fully saturated rings. The summed E-state index contributed by atoms with van der Waals surface area (Å²) >= 11 is 0. The fourth-order valence-corrected chi connectivity index (χ4v) is 3.17. The third-order valence-corrected chi connectivity index (χ3v) is 4.59. The molecule has 0 radical (unpaired) electrons. The molecule has 0 unspecified atom stereocenters. The number of halogens is 1. The third-order valence-electron chi connectivity index (χ3n) is 4.59. The summed E-state index contributed by atoms with van der Waals surface area (Å²) in [6.45, 7) is 1.58. The van der Waals surface area contributed by atoms with Crippen molar-refractivity contribution in [1.29, 1.82) is 0 Å². The van der Waals surface area contributed by atoms with E-state index < -0.39 is 0 Å². The normalized spacial score (nSPS) is 11.0. The number of aryl methyl sites for hydroxylation is 1. The lowest BCUT2D eigenvalue weighted by atomic mass is 10.2. The number of hydrogen-bond acceptors (Lipinski definition) is 3. The first-order valence-electron chi connectivity index (χ1n) is 9.15. The summed E-state index contributed by atoms with van der Waals surface area (Å²) in [4.78, 5) is 16.7. The zero-order chi connectivity index (χ0) is 19.3. The molecule has 0 aliphatic rings. The zero-order valence-electron chi connectivity index (χ0n) is 15.3. The molecule has 0 bridgehead atoms. The highest BCUT2D eigenvalue weighted by atomic mass is 19.1. The number of hydrogen-bond donors (Lipinski definition) is 1. The number of benzene rings is 2. The molecule has 0 atom stereocenters. The van der Waals surface area contributed by atoms with Crippen molar-refractivity contribution in [1.82, 2.24) is 24.6 Å². The van der Waals surface area contributed by atoms with E-state index in [1.807, 2.05) is 35.0 Å². The molecular formula is C21H20FN5O. The van der Waals surface area contributed by atoms with Gasteiger partial charge in [-0.1, -0.05) is 36.4 Å². The Hall–Kier alpha value is -3.48. The Morgan fingerprint density at radius 2 is 1.93 bits per heavy atom. The van der Waals surface area contributed by atoms with Crippen LogP contribution < -0.4 is 5.32 Å². The number of carbonyl (C=O) groups is 1. The largest absolute Gasteiger partial charge is 0.351 e. The van der Waals surface area contributed by atoms with Gasteiger partial charge in [-0.3, -0.25) is 9.48 Å². The van der Waals surface area contributed by atoms with E-state index in [2.05, 4.69) is 15.4 Å². The van der Waals surface area contributed by atoms with Crippen molar-refractivity contribution >= 4 is 16.8 Å². The molecule has 0 aliphatic carbocycles. The third kappa shape index (κ3) is 3.78. The smallest absolute Gasteiger partial charge is 0.272 e. The maximum Gasteiger partial charge on any atom is 0.272 e. The maximum atomic E-state index is 14.0. The molecule has 4 rings (SSSR count). The van der Waals surface area contributed by atoms with Crippen LogP contribution in [0, 0.1) is 5.82 Å². The molecule has 0 aliphatic heterocycles. The minimum Gasteiger partial charge on any atom is -0.351 e. The summed E-state index contributed by atoms with van der Waals surface area (Å²) in [5.41, 5.74) is 1.69. The zero-order valence-corrected chi connectivity index (χ0v) is 15.3. The number of imidazole rings is 1. The summed E-state index contributed by atoms with van der Waals surface area (Å²) in [6.07, 6.45) is 6.16. The Balaban J connectivity index is 1.50. The highest BCUT2D eigenvalue weighted by molar-refractivity contribution is 6.04. The minimum absolute atomic E-state index is 0.228. The number of rotatable bonds is 7. The lowest BCUT2D eigenvalue weighted by Crippen LogP contribution is -2.26. The molecule has 1 N–H and O–H groups in total. The summed E-state index contributed by atoms with van der Waals surface area (Å²) in [7, 11) is 0. The van der Waals surface area contributed by atoms with Crippen LogP contribution in [0.15, 0.2) is 67.3 Å². The molecule has 0 spiro atoms. The monoisotopic (exact) mass is 377 g/mol. The molecule has 1 amide bonds. The standard InChI is InChI=1S/C21H20FN5O/c22-18-8-3-1-6-16(18)14-27-19-9-4-2-7-17(19)20(25-27)21(28)24-10-5-12-26-13-11-23-15-26/h1-4,6-9,11,13,15H,5,10,12,14H2,(H,24,28). The van der Waals surface area contributed by atoms with Crippen LogP contribution in [0.4, 0.5) is 4.39 Å². The number of carbonyl (C=O) groups excluding carboxylic acids is 1. The number of fused-ring (bicyclic) bond motifs is 1. The van der Waals surface area contributed by atoms with Gasteiger partial charge in [0.15, 0.2) is 5.69 Å². The number of para-hydroxylation sites is 1. The van der Waals surface area contributed by atoms with Crippen LogP contribution in [0.1, 0.15) is 22.5 Å². The van der Waals surface area contributed by atoms with Crippen molar-refractivity contribution in [3.8, 4) is 0 Å². The van der Waals surface area contributed by atoms with Crippen LogP contribution in [0.25, 0.3) is 10.9 Å². The Morgan fingerprint density at radius 3 is 2.75 bits per heavy atom. The van der Waals surface area contributed by atoms with Gasteiger partial charge in [-0.2, -0.15) is 5.10 Å². The molecule has 2 aromatic carbocycles. The van der Waals surface area contributed by atoms with Gasteiger partial charge in [0.1, 0.15) is 5.82 Å². The lowest BCUT2D eigenvalue weighted by Gasteiger charge is -2.05. The summed E-state index contributed by atoms with van der Waals surface area (Å²) in [6, 6.07) is 14.1. The summed E-state index contributed by atoms with van der Waals surface area (Å²) in [5, 5.41) is 8.15. The molecule has 2 heterocycles. The van der Waals surface area contributed by atoms with E-state index in [1.54, 1.807) is 35.4 Å². The molecule has 7 heteroatoms. The molecule has 28 heavy (non-hydrogen) atoms. The number of nitrogens with zero attached hydrogens (tertiary/aromatic N) is 4. The molecule has 4 aromatic rings. The number of nitrogens with one attached hydrogen (secondary N) is 1. The fraction of sp³-hybridized carbons (Fsp3) is 0.190. The lowest BCUT2D eigenvalue weighted by molar-refractivity contribution is 0.0948. The van der Waals surface area contributed by atoms with Gasteiger partial charge >= 0.3 is 0 Å². The van der Waals surface area contributed by atoms with Gasteiger partial charge in [0.05, 0.1) is 18.4 Å². The SMILES string of the molecule is O=C(NCCCn1ccnc1)c1nn(Cc2ccccc2F)c2ccccc12. The average Bonchev–Trinajstić information content (AvgIpc) is 3.35. The Labute approximate surface area is 161 Å². The van der Waals surface area contributed by atoms with Gasteiger partial charge in [0, 0.05) is 36.4 Å². The van der Waals surface area contributed by atoms with E-state index in [0.717, 1.165) is 23.9 Å². The van der Waals surface area contributed by atoms with Crippen LogP contribution in [-0.2, 0) is 13.1 Å². The van der Waals surface area contributed by atoms with Gasteiger partial charge in [0.2, 0.25) is 0 Å². The Kier molecular flexibility index (Phi) is 5.14. The Bertz CT molecular complexity index is 1090. The van der Waals surface area contributed by atoms with E-state index in [4.69, 9.17) is 0 Å². The predicted molar refractivity (Wildman–Crippen MR) is 104 cm³/mol. The van der Waals surface area contributed by atoms with E-state index in [1.165, 1.54) is 6.07 Å². The van der Waals surface area contributed by atoms with E-state index in [9.17, 15) is 9.18 Å². The fourth-order valence-electron chi connectivity index (χ4n) is 3.17. The van der Waals surface area contributed by atoms with Crippen LogP contribution in [0.3, 0.4) is 0 Å². The van der Waals surface area contributed by atoms with Crippen LogP contribution in [0.2, 0.25) is 0 Å². The second-order valence-corrected chi connectivity index (χ2v) is 6.52. The topological polar surface area (TPSA) is 64.7 Å². The summed E-state index contributed by atoms with van der Waals surface area (Å²) < 4.78 is 17.7. The first-order valence-corrected chi connectivity index (χ1v) is 9.15. The molecule has 6 nitrogen and oxygen atoms in total. The highest BCUT2D eigenvalue weighted by Crippen LogP contribution is 2.20. The number of amides is 1. The maximum absolute atomic E-state index is 14.0. The quantitative estimate of drug-likeness (QED) is 0.503. The first-order chi connectivity index (χ1) is 13.7. The second kappa shape index (κ2) is 8.04. The first kappa shape index (κ1) is 17.9. The van der Waals surface area contributed by atoms with E-state index in [-0.39, 0.29) is 18.3 Å². The van der Waals surface area contributed by atoms with Gasteiger partial charge in [0.25, 0.3) is 5.91 Å². The molecular weight excluding hydrogens is 357 g/mol. The molecule has 0 saturated heterocycles. The molecule has 2 aromatic heterocycles. The van der Waals surface area contributed by atoms with Crippen molar-refractivity contribution in [2.24, 2.45) is 0 Å². The van der Waals surface area contributed by atoms with Crippen molar-refractivity contribution in [3.63, 3.8) is 0 Å². The van der Waals surface area contributed by atoms with E-state index in [0.29, 0.717) is 17.8 Å². The molecule has 142 valence electrons. The van der Waals surface area contributed by atoms with Crippen molar-refractivity contribution < 1.29 is 9.18 Å². The van der Waals surface area contributed by atoms with Gasteiger partial charge in [-0.25, -0.2) is 9.37 Å². The van der Waals surface area contributed by atoms with E-state index >= 15 is 0 Å². The van der Waals surface area contributed by atoms with Crippen LogP contribution in [-0.4, -0.2) is 31.8 Å². The van der Waals surface area contributed by atoms with Crippen LogP contribution in [0.5, 0.6) is 0 Å². The molecule has 0 saturated carbocycles. The van der Waals surface area contributed by atoms with Gasteiger partial charge < -0.3 is 9.88 Å². The summed E-state index contributed by atoms with van der Waals surface area (Å²) in [5.74, 6) is -0.512. The second-order valence-electron chi connectivity index (χ2n) is 6.52. The minimum atomic E-state index is -0.285. The average molecular weight is 377 g/mol. The van der Waals surface area contributed by atoms with Crippen molar-refractivity contribution in [2.75, 3.05) is 6.54 Å². The number of aromatic nitrogens is 4. The van der Waals surface area contributed by atoms with Crippen molar-refractivity contribution in [2.45, 2.75) is 19.5 Å².